The summed E-state index contributed by atoms with van der Waals surface area (Å²) >= 11 is 0. The Bertz CT molecular complexity index is 481. The van der Waals surface area contributed by atoms with Crippen LogP contribution in [0.25, 0.3) is 0 Å². The van der Waals surface area contributed by atoms with Crippen LogP contribution in [0, 0.1) is 20.8 Å². The first-order valence-electron chi connectivity index (χ1n) is 8.13. The van der Waals surface area contributed by atoms with Gasteiger partial charge in [0.05, 0.1) is 0 Å². The van der Waals surface area contributed by atoms with Crippen LogP contribution < -0.4 is 11.1 Å². The van der Waals surface area contributed by atoms with Crippen molar-refractivity contribution in [3.05, 3.63) is 22.8 Å². The molecule has 0 radical (unpaired) electrons. The molecule has 1 rings (SSSR count). The number of amides is 1. The molecule has 0 aliphatic rings. The third-order valence-electron chi connectivity index (χ3n) is 4.05. The standard InChI is InChI=1S/C18H30N2O/c1-5-6-7-8-9-10-11-16(21)20-18-14(3)12-13(2)17(19)15(18)4/h12H,5-11,19H2,1-4H3,(H,20,21). The molecule has 0 unspecified atom stereocenters. The fraction of sp³-hybridized carbons (Fsp3) is 0.611. The largest absolute Gasteiger partial charge is 0.398 e. The van der Waals surface area contributed by atoms with Crippen molar-refractivity contribution in [2.45, 2.75) is 72.6 Å². The molecule has 118 valence electrons. The lowest BCUT2D eigenvalue weighted by Crippen LogP contribution is -2.14. The highest BCUT2D eigenvalue weighted by Gasteiger charge is 2.11. The Morgan fingerprint density at radius 1 is 1.05 bits per heavy atom. The van der Waals surface area contributed by atoms with Crippen LogP contribution in [-0.4, -0.2) is 5.91 Å². The highest BCUT2D eigenvalue weighted by atomic mass is 16.1. The minimum atomic E-state index is 0.0972. The Hall–Kier alpha value is -1.51. The van der Waals surface area contributed by atoms with Crippen molar-refractivity contribution in [2.75, 3.05) is 11.1 Å². The molecule has 0 heterocycles. The number of hydrogen-bond acceptors (Lipinski definition) is 2. The normalized spacial score (nSPS) is 10.7. The van der Waals surface area contributed by atoms with E-state index in [4.69, 9.17) is 5.73 Å². The SMILES string of the molecule is CCCCCCCCC(=O)Nc1c(C)cc(C)c(N)c1C. The number of nitrogens with two attached hydrogens (primary N) is 1. The van der Waals surface area contributed by atoms with Gasteiger partial charge >= 0.3 is 0 Å². The fourth-order valence-electron chi connectivity index (χ4n) is 2.66. The van der Waals surface area contributed by atoms with E-state index in [2.05, 4.69) is 12.2 Å². The molecule has 0 bridgehead atoms. The van der Waals surface area contributed by atoms with Crippen molar-refractivity contribution in [2.24, 2.45) is 0 Å². The van der Waals surface area contributed by atoms with Crippen LogP contribution >= 0.6 is 0 Å². The van der Waals surface area contributed by atoms with Crippen LogP contribution in [0.3, 0.4) is 0 Å². The van der Waals surface area contributed by atoms with E-state index in [-0.39, 0.29) is 5.91 Å². The van der Waals surface area contributed by atoms with Crippen molar-refractivity contribution in [3.63, 3.8) is 0 Å². The number of benzene rings is 1. The molecule has 0 saturated heterocycles. The van der Waals surface area contributed by atoms with Crippen molar-refractivity contribution in [3.8, 4) is 0 Å². The van der Waals surface area contributed by atoms with E-state index in [1.165, 1.54) is 25.7 Å². The van der Waals surface area contributed by atoms with Gasteiger partial charge in [0.15, 0.2) is 0 Å². The highest BCUT2D eigenvalue weighted by Crippen LogP contribution is 2.28. The molecule has 0 aliphatic heterocycles. The zero-order chi connectivity index (χ0) is 15.8. The van der Waals surface area contributed by atoms with E-state index in [1.54, 1.807) is 0 Å². The van der Waals surface area contributed by atoms with Gasteiger partial charge in [-0.25, -0.2) is 0 Å². The first-order valence-corrected chi connectivity index (χ1v) is 8.13. The summed E-state index contributed by atoms with van der Waals surface area (Å²) in [5.74, 6) is 0.0972. The van der Waals surface area contributed by atoms with Crippen molar-refractivity contribution in [1.82, 2.24) is 0 Å². The first kappa shape index (κ1) is 17.5. The summed E-state index contributed by atoms with van der Waals surface area (Å²) < 4.78 is 0. The summed E-state index contributed by atoms with van der Waals surface area (Å²) in [6.07, 6.45) is 7.78. The molecule has 3 nitrogen and oxygen atoms in total. The van der Waals surface area contributed by atoms with E-state index in [1.807, 2.05) is 26.8 Å². The monoisotopic (exact) mass is 290 g/mol. The lowest BCUT2D eigenvalue weighted by Gasteiger charge is -2.15. The molecule has 21 heavy (non-hydrogen) atoms. The van der Waals surface area contributed by atoms with Gasteiger partial charge in [0, 0.05) is 17.8 Å². The van der Waals surface area contributed by atoms with Crippen molar-refractivity contribution >= 4 is 17.3 Å². The summed E-state index contributed by atoms with van der Waals surface area (Å²) in [7, 11) is 0. The highest BCUT2D eigenvalue weighted by molar-refractivity contribution is 5.93. The maximum Gasteiger partial charge on any atom is 0.224 e. The lowest BCUT2D eigenvalue weighted by atomic mass is 10.0. The lowest BCUT2D eigenvalue weighted by molar-refractivity contribution is -0.116. The number of hydrogen-bond donors (Lipinski definition) is 2. The zero-order valence-electron chi connectivity index (χ0n) is 14.0. The smallest absolute Gasteiger partial charge is 0.224 e. The molecule has 1 aromatic carbocycles. The topological polar surface area (TPSA) is 55.1 Å². The Labute approximate surface area is 129 Å². The van der Waals surface area contributed by atoms with Gasteiger partial charge in [0.2, 0.25) is 5.91 Å². The van der Waals surface area contributed by atoms with Crippen LogP contribution in [0.1, 0.15) is 68.6 Å². The van der Waals surface area contributed by atoms with E-state index in [9.17, 15) is 4.79 Å². The molecule has 0 spiro atoms. The molecule has 3 N–H and O–H groups in total. The number of aryl methyl sites for hydroxylation is 2. The average molecular weight is 290 g/mol. The van der Waals surface area contributed by atoms with Crippen molar-refractivity contribution in [1.29, 1.82) is 0 Å². The predicted octanol–water partition coefficient (Wildman–Crippen LogP) is 4.88. The summed E-state index contributed by atoms with van der Waals surface area (Å²) in [6.45, 7) is 8.19. The third kappa shape index (κ3) is 5.41. The predicted molar refractivity (Wildman–Crippen MR) is 91.7 cm³/mol. The van der Waals surface area contributed by atoms with Gasteiger partial charge in [0.1, 0.15) is 0 Å². The van der Waals surface area contributed by atoms with Crippen LogP contribution in [0.2, 0.25) is 0 Å². The first-order chi connectivity index (χ1) is 9.97. The molecule has 1 aromatic rings. The molecule has 0 fully saturated rings. The van der Waals surface area contributed by atoms with E-state index >= 15 is 0 Å². The van der Waals surface area contributed by atoms with Gasteiger partial charge < -0.3 is 11.1 Å². The minimum Gasteiger partial charge on any atom is -0.398 e. The molecule has 1 amide bonds. The van der Waals surface area contributed by atoms with Crippen LogP contribution in [-0.2, 0) is 4.79 Å². The molecule has 0 aliphatic carbocycles. The maximum absolute atomic E-state index is 12.1. The number of nitrogens with one attached hydrogen (secondary N) is 1. The number of carbonyl (C=O) groups is 1. The summed E-state index contributed by atoms with van der Waals surface area (Å²) in [5, 5.41) is 3.03. The quantitative estimate of drug-likeness (QED) is 0.529. The Balaban J connectivity index is 2.47. The van der Waals surface area contributed by atoms with E-state index < -0.39 is 0 Å². The van der Waals surface area contributed by atoms with Gasteiger partial charge in [-0.2, -0.15) is 0 Å². The van der Waals surface area contributed by atoms with E-state index in [0.29, 0.717) is 6.42 Å². The van der Waals surface area contributed by atoms with Gasteiger partial charge in [0.25, 0.3) is 0 Å². The van der Waals surface area contributed by atoms with E-state index in [0.717, 1.165) is 40.9 Å². The zero-order valence-corrected chi connectivity index (χ0v) is 14.0. The Morgan fingerprint density at radius 2 is 1.67 bits per heavy atom. The number of nitrogen functional groups attached to an aromatic ring is 1. The molecule has 3 heteroatoms. The Morgan fingerprint density at radius 3 is 2.33 bits per heavy atom. The second-order valence-electron chi connectivity index (χ2n) is 5.99. The number of anilines is 2. The molecular formula is C18H30N2O. The summed E-state index contributed by atoms with van der Waals surface area (Å²) in [4.78, 5) is 12.1. The maximum atomic E-state index is 12.1. The van der Waals surface area contributed by atoms with Crippen LogP contribution in [0.4, 0.5) is 11.4 Å². The second-order valence-corrected chi connectivity index (χ2v) is 5.99. The number of unbranched alkanes of at least 4 members (excludes halogenated alkanes) is 5. The van der Waals surface area contributed by atoms with Gasteiger partial charge in [-0.1, -0.05) is 45.1 Å². The average Bonchev–Trinajstić information content (AvgIpc) is 2.45. The number of rotatable bonds is 8. The second kappa shape index (κ2) is 8.71. The third-order valence-corrected chi connectivity index (χ3v) is 4.05. The van der Waals surface area contributed by atoms with Crippen molar-refractivity contribution < 1.29 is 4.79 Å². The minimum absolute atomic E-state index is 0.0972. The van der Waals surface area contributed by atoms with Gasteiger partial charge in [-0.05, 0) is 43.9 Å². The molecule has 0 aromatic heterocycles. The summed E-state index contributed by atoms with van der Waals surface area (Å²) in [6, 6.07) is 2.03. The fourth-order valence-corrected chi connectivity index (χ4v) is 2.66. The molecule has 0 atom stereocenters. The molecular weight excluding hydrogens is 260 g/mol. The van der Waals surface area contributed by atoms with Crippen LogP contribution in [0.5, 0.6) is 0 Å². The molecule has 0 saturated carbocycles. The van der Waals surface area contributed by atoms with Crippen LogP contribution in [0.15, 0.2) is 6.07 Å². The summed E-state index contributed by atoms with van der Waals surface area (Å²) in [5.41, 5.74) is 10.8. The number of carbonyl (C=O) groups excluding carboxylic acids is 1. The van der Waals surface area contributed by atoms with Gasteiger partial charge in [-0.15, -0.1) is 0 Å². The Kier molecular flexibility index (Phi) is 7.27. The van der Waals surface area contributed by atoms with Gasteiger partial charge in [-0.3, -0.25) is 4.79 Å².